The average molecular weight is 193 g/mol. The first-order valence-electron chi connectivity index (χ1n) is 4.82. The number of benzene rings is 1. The SMILES string of the molecule is COC(c1cc(C)ccc1C)N(C)C. The van der Waals surface area contributed by atoms with Gasteiger partial charge in [0, 0.05) is 7.11 Å². The van der Waals surface area contributed by atoms with E-state index in [1.165, 1.54) is 16.7 Å². The molecule has 0 N–H and O–H groups in total. The number of methoxy groups -OCH3 is 1. The van der Waals surface area contributed by atoms with E-state index in [9.17, 15) is 0 Å². The van der Waals surface area contributed by atoms with Gasteiger partial charge in [-0.1, -0.05) is 23.8 Å². The van der Waals surface area contributed by atoms with Crippen LogP contribution in [0.1, 0.15) is 22.9 Å². The van der Waals surface area contributed by atoms with E-state index in [0.717, 1.165) is 0 Å². The summed E-state index contributed by atoms with van der Waals surface area (Å²) in [6.45, 7) is 4.22. The Kier molecular flexibility index (Phi) is 3.67. The molecule has 0 saturated carbocycles. The minimum absolute atomic E-state index is 0.0508. The van der Waals surface area contributed by atoms with Gasteiger partial charge in [0.25, 0.3) is 0 Å². The van der Waals surface area contributed by atoms with Crippen LogP contribution in [0.4, 0.5) is 0 Å². The molecule has 2 nitrogen and oxygen atoms in total. The van der Waals surface area contributed by atoms with Crippen molar-refractivity contribution >= 4 is 0 Å². The summed E-state index contributed by atoms with van der Waals surface area (Å²) < 4.78 is 5.46. The molecule has 0 bridgehead atoms. The molecule has 1 aromatic rings. The van der Waals surface area contributed by atoms with Crippen molar-refractivity contribution in [2.75, 3.05) is 21.2 Å². The molecule has 78 valence electrons. The number of hydrogen-bond donors (Lipinski definition) is 0. The van der Waals surface area contributed by atoms with E-state index in [1.807, 2.05) is 14.1 Å². The number of nitrogens with zero attached hydrogens (tertiary/aromatic N) is 1. The summed E-state index contributed by atoms with van der Waals surface area (Å²) in [5, 5.41) is 0. The van der Waals surface area contributed by atoms with Gasteiger partial charge < -0.3 is 4.74 Å². The number of aryl methyl sites for hydroxylation is 2. The third-order valence-corrected chi connectivity index (χ3v) is 2.39. The van der Waals surface area contributed by atoms with Crippen molar-refractivity contribution in [3.63, 3.8) is 0 Å². The zero-order valence-corrected chi connectivity index (χ0v) is 9.66. The first kappa shape index (κ1) is 11.2. The van der Waals surface area contributed by atoms with Crippen LogP contribution in [-0.4, -0.2) is 26.1 Å². The van der Waals surface area contributed by atoms with Gasteiger partial charge in [0.1, 0.15) is 6.23 Å². The highest BCUT2D eigenvalue weighted by molar-refractivity contribution is 5.31. The first-order chi connectivity index (χ1) is 6.56. The minimum Gasteiger partial charge on any atom is -0.362 e. The third-order valence-electron chi connectivity index (χ3n) is 2.39. The molecule has 0 aliphatic rings. The molecule has 0 amide bonds. The van der Waals surface area contributed by atoms with Gasteiger partial charge in [-0.15, -0.1) is 0 Å². The Morgan fingerprint density at radius 2 is 1.86 bits per heavy atom. The smallest absolute Gasteiger partial charge is 0.136 e. The predicted molar refractivity (Wildman–Crippen MR) is 59.4 cm³/mol. The second-order valence-corrected chi connectivity index (χ2v) is 3.91. The summed E-state index contributed by atoms with van der Waals surface area (Å²) in [6, 6.07) is 6.45. The summed E-state index contributed by atoms with van der Waals surface area (Å²) in [4.78, 5) is 2.07. The largest absolute Gasteiger partial charge is 0.362 e. The molecule has 2 heteroatoms. The third kappa shape index (κ3) is 2.34. The molecule has 0 aliphatic carbocycles. The fourth-order valence-corrected chi connectivity index (χ4v) is 1.64. The van der Waals surface area contributed by atoms with Crippen molar-refractivity contribution in [3.8, 4) is 0 Å². The fourth-order valence-electron chi connectivity index (χ4n) is 1.64. The molecule has 0 saturated heterocycles. The average Bonchev–Trinajstić information content (AvgIpc) is 2.11. The Bertz CT molecular complexity index is 307. The van der Waals surface area contributed by atoms with Crippen molar-refractivity contribution in [2.45, 2.75) is 20.1 Å². The summed E-state index contributed by atoms with van der Waals surface area (Å²) in [5.74, 6) is 0. The zero-order valence-electron chi connectivity index (χ0n) is 9.66. The maximum atomic E-state index is 5.46. The van der Waals surface area contributed by atoms with Gasteiger partial charge in [0.15, 0.2) is 0 Å². The second kappa shape index (κ2) is 4.58. The Labute approximate surface area is 86.5 Å². The van der Waals surface area contributed by atoms with Crippen molar-refractivity contribution in [1.82, 2.24) is 4.90 Å². The molecule has 1 aromatic carbocycles. The van der Waals surface area contributed by atoms with Crippen molar-refractivity contribution in [1.29, 1.82) is 0 Å². The zero-order chi connectivity index (χ0) is 10.7. The maximum absolute atomic E-state index is 5.46. The summed E-state index contributed by atoms with van der Waals surface area (Å²) in [5.41, 5.74) is 3.79. The van der Waals surface area contributed by atoms with Crippen LogP contribution in [0.15, 0.2) is 18.2 Å². The van der Waals surface area contributed by atoms with Gasteiger partial charge >= 0.3 is 0 Å². The van der Waals surface area contributed by atoms with E-state index in [1.54, 1.807) is 7.11 Å². The van der Waals surface area contributed by atoms with Gasteiger partial charge in [-0.2, -0.15) is 0 Å². The molecule has 1 rings (SSSR count). The van der Waals surface area contributed by atoms with Crippen LogP contribution < -0.4 is 0 Å². The molecule has 0 heterocycles. The molecule has 0 spiro atoms. The minimum atomic E-state index is 0.0508. The fraction of sp³-hybridized carbons (Fsp3) is 0.500. The Morgan fingerprint density at radius 1 is 1.21 bits per heavy atom. The standard InChI is InChI=1S/C12H19NO/c1-9-6-7-10(2)11(8-9)12(14-5)13(3)4/h6-8,12H,1-5H3. The summed E-state index contributed by atoms with van der Waals surface area (Å²) in [6.07, 6.45) is 0.0508. The summed E-state index contributed by atoms with van der Waals surface area (Å²) >= 11 is 0. The maximum Gasteiger partial charge on any atom is 0.136 e. The number of hydrogen-bond acceptors (Lipinski definition) is 2. The van der Waals surface area contributed by atoms with E-state index in [-0.39, 0.29) is 6.23 Å². The Hall–Kier alpha value is -0.860. The van der Waals surface area contributed by atoms with Crippen LogP contribution in [-0.2, 0) is 4.74 Å². The molecule has 1 atom stereocenters. The van der Waals surface area contributed by atoms with Crippen LogP contribution in [0.3, 0.4) is 0 Å². The van der Waals surface area contributed by atoms with Crippen LogP contribution in [0.5, 0.6) is 0 Å². The highest BCUT2D eigenvalue weighted by Crippen LogP contribution is 2.23. The Morgan fingerprint density at radius 3 is 2.36 bits per heavy atom. The molecule has 0 aromatic heterocycles. The lowest BCUT2D eigenvalue weighted by Crippen LogP contribution is -2.22. The van der Waals surface area contributed by atoms with Crippen molar-refractivity contribution in [2.24, 2.45) is 0 Å². The molecule has 0 aliphatic heterocycles. The Balaban J connectivity index is 3.08. The van der Waals surface area contributed by atoms with Crippen LogP contribution in [0.25, 0.3) is 0 Å². The van der Waals surface area contributed by atoms with Gasteiger partial charge in [0.2, 0.25) is 0 Å². The molecular weight excluding hydrogens is 174 g/mol. The van der Waals surface area contributed by atoms with Gasteiger partial charge in [-0.05, 0) is 39.1 Å². The normalized spacial score (nSPS) is 13.3. The van der Waals surface area contributed by atoms with E-state index < -0.39 is 0 Å². The lowest BCUT2D eigenvalue weighted by Gasteiger charge is -2.24. The quantitative estimate of drug-likeness (QED) is 0.684. The molecular formula is C12H19NO. The number of rotatable bonds is 3. The van der Waals surface area contributed by atoms with Gasteiger partial charge in [-0.3, -0.25) is 4.90 Å². The van der Waals surface area contributed by atoms with E-state index in [4.69, 9.17) is 4.74 Å². The monoisotopic (exact) mass is 193 g/mol. The molecule has 0 radical (unpaired) electrons. The van der Waals surface area contributed by atoms with Crippen LogP contribution >= 0.6 is 0 Å². The predicted octanol–water partition coefficient (Wildman–Crippen LogP) is 2.51. The molecule has 1 unspecified atom stereocenters. The molecule has 14 heavy (non-hydrogen) atoms. The lowest BCUT2D eigenvalue weighted by molar-refractivity contribution is -0.00587. The summed E-state index contributed by atoms with van der Waals surface area (Å²) in [7, 11) is 5.79. The second-order valence-electron chi connectivity index (χ2n) is 3.91. The van der Waals surface area contributed by atoms with Crippen molar-refractivity contribution in [3.05, 3.63) is 34.9 Å². The van der Waals surface area contributed by atoms with Gasteiger partial charge in [0.05, 0.1) is 0 Å². The van der Waals surface area contributed by atoms with E-state index in [2.05, 4.69) is 36.9 Å². The van der Waals surface area contributed by atoms with E-state index in [0.29, 0.717) is 0 Å². The van der Waals surface area contributed by atoms with E-state index >= 15 is 0 Å². The topological polar surface area (TPSA) is 12.5 Å². The van der Waals surface area contributed by atoms with Crippen LogP contribution in [0.2, 0.25) is 0 Å². The van der Waals surface area contributed by atoms with Gasteiger partial charge in [-0.25, -0.2) is 0 Å². The van der Waals surface area contributed by atoms with Crippen molar-refractivity contribution < 1.29 is 4.74 Å². The number of ether oxygens (including phenoxy) is 1. The first-order valence-corrected chi connectivity index (χ1v) is 4.82. The lowest BCUT2D eigenvalue weighted by atomic mass is 10.0. The highest BCUT2D eigenvalue weighted by Gasteiger charge is 2.14. The highest BCUT2D eigenvalue weighted by atomic mass is 16.5. The van der Waals surface area contributed by atoms with Crippen LogP contribution in [0, 0.1) is 13.8 Å². The molecule has 0 fully saturated rings.